The molecule has 0 unspecified atom stereocenters. The van der Waals surface area contributed by atoms with Crippen molar-refractivity contribution in [2.24, 2.45) is 5.90 Å². The largest absolute Gasteiger partial charge is 0.299 e. The van der Waals surface area contributed by atoms with Gasteiger partial charge in [0.2, 0.25) is 0 Å². The van der Waals surface area contributed by atoms with Crippen LogP contribution in [-0.2, 0) is 11.4 Å². The second-order valence-corrected chi connectivity index (χ2v) is 3.45. The fraction of sp³-hybridized carbons (Fsp3) is 0.200. The Balaban J connectivity index is 2.61. The molecule has 0 fully saturated rings. The van der Waals surface area contributed by atoms with Crippen LogP contribution in [0.25, 0.3) is 0 Å². The smallest absolute Gasteiger partial charge is 0.102 e. The number of rotatable bonds is 2. The van der Waals surface area contributed by atoms with Crippen molar-refractivity contribution in [2.45, 2.75) is 6.61 Å². The Kier molecular flexibility index (Phi) is 2.65. The first-order chi connectivity index (χ1) is 4.33. The third kappa shape index (κ3) is 2.06. The molecule has 0 aliphatic heterocycles. The second-order valence-electron chi connectivity index (χ2n) is 1.54. The molecular weight excluding hydrogens is 202 g/mol. The zero-order chi connectivity index (χ0) is 6.69. The van der Waals surface area contributed by atoms with Crippen LogP contribution in [0, 0.1) is 0 Å². The Morgan fingerprint density at radius 1 is 1.78 bits per heavy atom. The van der Waals surface area contributed by atoms with Gasteiger partial charge in [0.1, 0.15) is 6.61 Å². The summed E-state index contributed by atoms with van der Waals surface area (Å²) in [5.74, 6) is 4.86. The van der Waals surface area contributed by atoms with Crippen molar-refractivity contribution in [3.63, 3.8) is 0 Å². The van der Waals surface area contributed by atoms with Gasteiger partial charge in [0.05, 0.1) is 0 Å². The van der Waals surface area contributed by atoms with Gasteiger partial charge in [0.25, 0.3) is 0 Å². The van der Waals surface area contributed by atoms with Gasteiger partial charge >= 0.3 is 0 Å². The molecule has 0 aliphatic rings. The van der Waals surface area contributed by atoms with Crippen LogP contribution >= 0.6 is 27.3 Å². The first-order valence-electron chi connectivity index (χ1n) is 2.37. The topological polar surface area (TPSA) is 35.2 Å². The van der Waals surface area contributed by atoms with E-state index in [9.17, 15) is 0 Å². The molecule has 0 aliphatic carbocycles. The average Bonchev–Trinajstić information content (AvgIpc) is 2.17. The molecule has 0 radical (unpaired) electrons. The van der Waals surface area contributed by atoms with E-state index in [0.717, 1.165) is 9.35 Å². The molecule has 0 bridgehead atoms. The zero-order valence-electron chi connectivity index (χ0n) is 4.63. The van der Waals surface area contributed by atoms with Crippen molar-refractivity contribution >= 4 is 27.3 Å². The molecule has 1 aromatic rings. The fourth-order valence-corrected chi connectivity index (χ4v) is 1.88. The van der Waals surface area contributed by atoms with Crippen LogP contribution in [0.3, 0.4) is 0 Å². The minimum Gasteiger partial charge on any atom is -0.299 e. The highest BCUT2D eigenvalue weighted by atomic mass is 79.9. The van der Waals surface area contributed by atoms with E-state index >= 15 is 0 Å². The second kappa shape index (κ2) is 3.31. The maximum atomic E-state index is 4.86. The highest BCUT2D eigenvalue weighted by Crippen LogP contribution is 2.19. The molecule has 1 heterocycles. The van der Waals surface area contributed by atoms with Crippen LogP contribution in [-0.4, -0.2) is 0 Å². The zero-order valence-corrected chi connectivity index (χ0v) is 7.04. The minimum atomic E-state index is 0.496. The van der Waals surface area contributed by atoms with E-state index < -0.39 is 0 Å². The van der Waals surface area contributed by atoms with Gasteiger partial charge in [0, 0.05) is 14.7 Å². The summed E-state index contributed by atoms with van der Waals surface area (Å²) in [4.78, 5) is 5.56. The lowest BCUT2D eigenvalue weighted by molar-refractivity contribution is 0.126. The summed E-state index contributed by atoms with van der Waals surface area (Å²) >= 11 is 4.94. The lowest BCUT2D eigenvalue weighted by Gasteiger charge is -1.88. The first kappa shape index (κ1) is 7.21. The van der Waals surface area contributed by atoms with E-state index in [1.165, 1.54) is 0 Å². The monoisotopic (exact) mass is 207 g/mol. The van der Waals surface area contributed by atoms with Gasteiger partial charge in [-0.1, -0.05) is 0 Å². The molecular formula is C5H6BrNOS. The molecule has 50 valence electrons. The van der Waals surface area contributed by atoms with Crippen molar-refractivity contribution in [3.05, 3.63) is 20.8 Å². The molecule has 1 aromatic heterocycles. The lowest BCUT2D eigenvalue weighted by atomic mass is 10.5. The molecule has 2 N–H and O–H groups in total. The van der Waals surface area contributed by atoms with Gasteiger partial charge in [-0.2, -0.15) is 0 Å². The first-order valence-corrected chi connectivity index (χ1v) is 4.05. The average molecular weight is 208 g/mol. The minimum absolute atomic E-state index is 0.496. The number of nitrogens with two attached hydrogens (primary N) is 1. The molecule has 9 heavy (non-hydrogen) atoms. The third-order valence-corrected chi connectivity index (χ3v) is 2.52. The Labute approximate surface area is 65.7 Å². The molecule has 0 amide bonds. The molecule has 0 aromatic carbocycles. The number of hydrogen-bond donors (Lipinski definition) is 1. The van der Waals surface area contributed by atoms with Crippen LogP contribution in [0.1, 0.15) is 4.88 Å². The predicted molar refractivity (Wildman–Crippen MR) is 41.0 cm³/mol. The van der Waals surface area contributed by atoms with Crippen LogP contribution in [0.2, 0.25) is 0 Å². The molecule has 0 atom stereocenters. The lowest BCUT2D eigenvalue weighted by Crippen LogP contribution is -1.96. The van der Waals surface area contributed by atoms with Crippen molar-refractivity contribution in [2.75, 3.05) is 0 Å². The van der Waals surface area contributed by atoms with Crippen molar-refractivity contribution < 1.29 is 4.84 Å². The maximum absolute atomic E-state index is 4.86. The predicted octanol–water partition coefficient (Wildman–Crippen LogP) is 1.90. The van der Waals surface area contributed by atoms with Gasteiger partial charge in [-0.3, -0.25) is 4.84 Å². The molecule has 2 nitrogen and oxygen atoms in total. The Morgan fingerprint density at radius 3 is 3.00 bits per heavy atom. The Hall–Kier alpha value is 0.1000. The standard InChI is InChI=1S/C5H6BrNOS/c6-4-1-5(2-8-7)9-3-4/h1,3H,2,7H2. The highest BCUT2D eigenvalue weighted by Gasteiger charge is 1.94. The quantitative estimate of drug-likeness (QED) is 0.753. The summed E-state index contributed by atoms with van der Waals surface area (Å²) in [5, 5.41) is 1.99. The summed E-state index contributed by atoms with van der Waals surface area (Å²) < 4.78 is 1.08. The van der Waals surface area contributed by atoms with Crippen LogP contribution in [0.15, 0.2) is 15.9 Å². The van der Waals surface area contributed by atoms with E-state index in [4.69, 9.17) is 5.90 Å². The van der Waals surface area contributed by atoms with E-state index in [1.54, 1.807) is 11.3 Å². The van der Waals surface area contributed by atoms with E-state index in [-0.39, 0.29) is 0 Å². The van der Waals surface area contributed by atoms with Crippen molar-refractivity contribution in [3.8, 4) is 0 Å². The highest BCUT2D eigenvalue weighted by molar-refractivity contribution is 9.10. The summed E-state index contributed by atoms with van der Waals surface area (Å²) in [6.45, 7) is 0.496. The van der Waals surface area contributed by atoms with Crippen LogP contribution in [0.4, 0.5) is 0 Å². The van der Waals surface area contributed by atoms with E-state index in [1.807, 2.05) is 11.4 Å². The summed E-state index contributed by atoms with van der Waals surface area (Å²) in [6, 6.07) is 1.98. The maximum Gasteiger partial charge on any atom is 0.102 e. The van der Waals surface area contributed by atoms with E-state index in [0.29, 0.717) is 6.61 Å². The molecule has 4 heteroatoms. The molecule has 0 spiro atoms. The molecule has 0 saturated heterocycles. The Morgan fingerprint density at radius 2 is 2.56 bits per heavy atom. The fourth-order valence-electron chi connectivity index (χ4n) is 0.512. The van der Waals surface area contributed by atoms with Crippen LogP contribution < -0.4 is 5.90 Å². The van der Waals surface area contributed by atoms with Gasteiger partial charge in [-0.05, 0) is 22.0 Å². The van der Waals surface area contributed by atoms with Crippen LogP contribution in [0.5, 0.6) is 0 Å². The SMILES string of the molecule is NOCc1cc(Br)cs1. The number of halogens is 1. The summed E-state index contributed by atoms with van der Waals surface area (Å²) in [6.07, 6.45) is 0. The van der Waals surface area contributed by atoms with E-state index in [2.05, 4.69) is 20.8 Å². The molecule has 1 rings (SSSR count). The van der Waals surface area contributed by atoms with Gasteiger partial charge in [0.15, 0.2) is 0 Å². The number of hydrogen-bond acceptors (Lipinski definition) is 3. The third-order valence-electron chi connectivity index (χ3n) is 0.847. The normalized spacial score (nSPS) is 10.0. The molecule has 0 saturated carbocycles. The Bertz CT molecular complexity index is 189. The van der Waals surface area contributed by atoms with Gasteiger partial charge in [-0.25, -0.2) is 5.90 Å². The van der Waals surface area contributed by atoms with Gasteiger partial charge < -0.3 is 0 Å². The van der Waals surface area contributed by atoms with Gasteiger partial charge in [-0.15, -0.1) is 11.3 Å². The summed E-state index contributed by atoms with van der Waals surface area (Å²) in [5.41, 5.74) is 0. The van der Waals surface area contributed by atoms with Crippen molar-refractivity contribution in [1.82, 2.24) is 0 Å². The summed E-state index contributed by atoms with van der Waals surface area (Å²) in [7, 11) is 0. The number of thiophene rings is 1. The van der Waals surface area contributed by atoms with Crippen molar-refractivity contribution in [1.29, 1.82) is 0 Å².